The number of carbonyl (C=O) groups excluding carboxylic acids is 3. The van der Waals surface area contributed by atoms with Gasteiger partial charge >= 0.3 is 0 Å². The van der Waals surface area contributed by atoms with Gasteiger partial charge in [-0.2, -0.15) is 0 Å². The van der Waals surface area contributed by atoms with Gasteiger partial charge in [0.1, 0.15) is 0 Å². The Bertz CT molecular complexity index is 897. The van der Waals surface area contributed by atoms with E-state index in [4.69, 9.17) is 0 Å². The zero-order chi connectivity index (χ0) is 20.4. The molecule has 0 unspecified atom stereocenters. The molecule has 6 heteroatoms. The fourth-order valence-corrected chi connectivity index (χ4v) is 4.51. The van der Waals surface area contributed by atoms with Crippen LogP contribution < -0.4 is 5.32 Å². The molecule has 0 aliphatic carbocycles. The van der Waals surface area contributed by atoms with E-state index < -0.39 is 0 Å². The van der Waals surface area contributed by atoms with Crippen LogP contribution in [0.2, 0.25) is 0 Å². The van der Waals surface area contributed by atoms with Gasteiger partial charge in [-0.05, 0) is 56.3 Å². The number of nitrogens with zero attached hydrogens (tertiary/aromatic N) is 2. The molecule has 4 rings (SSSR count). The Morgan fingerprint density at radius 2 is 1.66 bits per heavy atom. The summed E-state index contributed by atoms with van der Waals surface area (Å²) in [6, 6.07) is 11.1. The van der Waals surface area contributed by atoms with Crippen LogP contribution in [0, 0.1) is 5.92 Å². The third-order valence-corrected chi connectivity index (χ3v) is 6.09. The van der Waals surface area contributed by atoms with E-state index in [1.165, 1.54) is 4.90 Å². The van der Waals surface area contributed by atoms with Gasteiger partial charge < -0.3 is 10.2 Å². The molecule has 29 heavy (non-hydrogen) atoms. The molecular formula is C23H27N3O3. The van der Waals surface area contributed by atoms with Crippen molar-refractivity contribution in [3.63, 3.8) is 0 Å². The number of hydrogen-bond donors (Lipinski definition) is 1. The Morgan fingerprint density at radius 3 is 2.24 bits per heavy atom. The highest BCUT2D eigenvalue weighted by molar-refractivity contribution is 6.25. The van der Waals surface area contributed by atoms with Crippen LogP contribution in [0.1, 0.15) is 46.4 Å². The van der Waals surface area contributed by atoms with Gasteiger partial charge in [0.2, 0.25) is 5.91 Å². The molecule has 0 saturated carbocycles. The van der Waals surface area contributed by atoms with E-state index in [1.54, 1.807) is 12.1 Å². The number of amides is 3. The molecule has 2 aromatic carbocycles. The second kappa shape index (κ2) is 8.33. The fourth-order valence-electron chi connectivity index (χ4n) is 4.51. The van der Waals surface area contributed by atoms with Crippen molar-refractivity contribution in [3.8, 4) is 0 Å². The topological polar surface area (TPSA) is 69.7 Å². The summed E-state index contributed by atoms with van der Waals surface area (Å²) >= 11 is 0. The molecule has 1 saturated heterocycles. The smallest absolute Gasteiger partial charge is 0.261 e. The maximum absolute atomic E-state index is 12.9. The van der Waals surface area contributed by atoms with Crippen molar-refractivity contribution in [1.29, 1.82) is 0 Å². The first-order valence-corrected chi connectivity index (χ1v) is 10.4. The molecule has 1 N–H and O–H groups in total. The van der Waals surface area contributed by atoms with E-state index in [1.807, 2.05) is 36.2 Å². The van der Waals surface area contributed by atoms with Crippen molar-refractivity contribution >= 4 is 28.5 Å². The second-order valence-corrected chi connectivity index (χ2v) is 7.96. The molecular weight excluding hydrogens is 366 g/mol. The van der Waals surface area contributed by atoms with Crippen LogP contribution >= 0.6 is 0 Å². The fraction of sp³-hybridized carbons (Fsp3) is 0.435. The van der Waals surface area contributed by atoms with Crippen molar-refractivity contribution in [2.45, 2.75) is 25.7 Å². The van der Waals surface area contributed by atoms with E-state index in [0.717, 1.165) is 43.2 Å². The van der Waals surface area contributed by atoms with Crippen LogP contribution in [0.15, 0.2) is 36.4 Å². The second-order valence-electron chi connectivity index (χ2n) is 7.96. The normalized spacial score (nSPS) is 17.3. The van der Waals surface area contributed by atoms with Crippen LogP contribution in [0.25, 0.3) is 10.8 Å². The van der Waals surface area contributed by atoms with Crippen molar-refractivity contribution in [2.75, 3.05) is 33.2 Å². The van der Waals surface area contributed by atoms with Gasteiger partial charge in [0.05, 0.1) is 0 Å². The number of nitrogens with one attached hydrogen (secondary N) is 1. The van der Waals surface area contributed by atoms with E-state index in [-0.39, 0.29) is 24.3 Å². The SMILES string of the molecule is CNCC1CCN(C(=O)CCCN2C(=O)c3cccc4cccc(c34)C2=O)CC1. The first-order valence-electron chi connectivity index (χ1n) is 10.4. The van der Waals surface area contributed by atoms with Gasteiger partial charge in [0, 0.05) is 42.6 Å². The molecule has 2 aliphatic rings. The minimum absolute atomic E-state index is 0.118. The lowest BCUT2D eigenvalue weighted by Crippen LogP contribution is -2.42. The summed E-state index contributed by atoms with van der Waals surface area (Å²) in [4.78, 5) is 41.5. The van der Waals surface area contributed by atoms with Gasteiger partial charge in [-0.3, -0.25) is 19.3 Å². The Hall–Kier alpha value is -2.73. The molecule has 0 aromatic heterocycles. The van der Waals surface area contributed by atoms with E-state index >= 15 is 0 Å². The van der Waals surface area contributed by atoms with Gasteiger partial charge in [0.15, 0.2) is 0 Å². The average Bonchev–Trinajstić information content (AvgIpc) is 2.75. The number of likely N-dealkylation sites (tertiary alicyclic amines) is 1. The molecule has 2 aliphatic heterocycles. The summed E-state index contributed by atoms with van der Waals surface area (Å²) in [7, 11) is 1.96. The monoisotopic (exact) mass is 393 g/mol. The Kier molecular flexibility index (Phi) is 5.62. The third kappa shape index (κ3) is 3.77. The minimum Gasteiger partial charge on any atom is -0.343 e. The minimum atomic E-state index is -0.264. The average molecular weight is 393 g/mol. The maximum Gasteiger partial charge on any atom is 0.261 e. The number of carbonyl (C=O) groups is 3. The number of hydrogen-bond acceptors (Lipinski definition) is 4. The Labute approximate surface area is 170 Å². The summed E-state index contributed by atoms with van der Waals surface area (Å²) in [5, 5.41) is 4.84. The summed E-state index contributed by atoms with van der Waals surface area (Å²) in [6.07, 6.45) is 2.90. The van der Waals surface area contributed by atoms with Crippen LogP contribution in [0.3, 0.4) is 0 Å². The molecule has 1 fully saturated rings. The zero-order valence-electron chi connectivity index (χ0n) is 16.8. The first kappa shape index (κ1) is 19.6. The number of rotatable bonds is 6. The highest BCUT2D eigenvalue weighted by atomic mass is 16.2. The zero-order valence-corrected chi connectivity index (χ0v) is 16.8. The lowest BCUT2D eigenvalue weighted by molar-refractivity contribution is -0.132. The van der Waals surface area contributed by atoms with Gasteiger partial charge in [-0.1, -0.05) is 24.3 Å². The van der Waals surface area contributed by atoms with Crippen LogP contribution in [-0.4, -0.2) is 60.7 Å². The lowest BCUT2D eigenvalue weighted by atomic mass is 9.94. The quantitative estimate of drug-likeness (QED) is 0.766. The van der Waals surface area contributed by atoms with Crippen molar-refractivity contribution in [2.24, 2.45) is 5.92 Å². The van der Waals surface area contributed by atoms with Gasteiger partial charge in [-0.25, -0.2) is 0 Å². The molecule has 152 valence electrons. The summed E-state index contributed by atoms with van der Waals surface area (Å²) < 4.78 is 0. The molecule has 0 bridgehead atoms. The van der Waals surface area contributed by atoms with Crippen molar-refractivity contribution < 1.29 is 14.4 Å². The Balaban J connectivity index is 1.37. The summed E-state index contributed by atoms with van der Waals surface area (Å²) in [6.45, 7) is 2.85. The van der Waals surface area contributed by atoms with E-state index in [9.17, 15) is 14.4 Å². The molecule has 6 nitrogen and oxygen atoms in total. The van der Waals surface area contributed by atoms with Crippen LogP contribution in [-0.2, 0) is 4.79 Å². The summed E-state index contributed by atoms with van der Waals surface area (Å²) in [5.41, 5.74) is 1.13. The largest absolute Gasteiger partial charge is 0.343 e. The van der Waals surface area contributed by atoms with Crippen molar-refractivity contribution in [3.05, 3.63) is 47.5 Å². The molecule has 3 amide bonds. The number of imide groups is 1. The molecule has 0 radical (unpaired) electrons. The maximum atomic E-state index is 12.9. The number of benzene rings is 2. The summed E-state index contributed by atoms with van der Waals surface area (Å²) in [5.74, 6) is 0.224. The number of piperidine rings is 1. The molecule has 2 aromatic rings. The first-order chi connectivity index (χ1) is 14.1. The standard InChI is InChI=1S/C23H27N3O3/c1-24-15-16-10-13-25(14-11-16)20(27)9-4-12-26-22(28)18-7-2-5-17-6-3-8-19(21(17)18)23(26)29/h2-3,5-8,16,24H,4,9-15H2,1H3. The molecule has 2 heterocycles. The van der Waals surface area contributed by atoms with Crippen LogP contribution in [0.4, 0.5) is 0 Å². The predicted molar refractivity (Wildman–Crippen MR) is 112 cm³/mol. The van der Waals surface area contributed by atoms with Crippen molar-refractivity contribution in [1.82, 2.24) is 15.1 Å². The van der Waals surface area contributed by atoms with E-state index in [0.29, 0.717) is 29.9 Å². The van der Waals surface area contributed by atoms with Gasteiger partial charge in [0.25, 0.3) is 11.8 Å². The third-order valence-electron chi connectivity index (χ3n) is 6.09. The van der Waals surface area contributed by atoms with Crippen LogP contribution in [0.5, 0.6) is 0 Å². The highest BCUT2D eigenvalue weighted by Gasteiger charge is 2.32. The molecule has 0 atom stereocenters. The van der Waals surface area contributed by atoms with E-state index in [2.05, 4.69) is 5.32 Å². The lowest BCUT2D eigenvalue weighted by Gasteiger charge is -2.32. The van der Waals surface area contributed by atoms with Gasteiger partial charge in [-0.15, -0.1) is 0 Å². The predicted octanol–water partition coefficient (Wildman–Crippen LogP) is 2.67. The highest BCUT2D eigenvalue weighted by Crippen LogP contribution is 2.30. The Morgan fingerprint density at radius 1 is 1.03 bits per heavy atom. The molecule has 0 spiro atoms.